The lowest BCUT2D eigenvalue weighted by atomic mass is 9.99. The van der Waals surface area contributed by atoms with Crippen molar-refractivity contribution >= 4 is 11.6 Å². The number of rotatable bonds is 5. The number of nitro groups is 1. The predicted octanol–water partition coefficient (Wildman–Crippen LogP) is 1.79. The van der Waals surface area contributed by atoms with E-state index in [2.05, 4.69) is 5.32 Å². The number of nitro benzene ring substituents is 1. The van der Waals surface area contributed by atoms with Gasteiger partial charge in [0.2, 0.25) is 0 Å². The number of aliphatic hydroxyl groups excluding tert-OH is 1. The molecule has 0 aliphatic carbocycles. The van der Waals surface area contributed by atoms with E-state index >= 15 is 0 Å². The molecule has 0 fully saturated rings. The molecule has 0 atom stereocenters. The van der Waals surface area contributed by atoms with Gasteiger partial charge in [-0.15, -0.1) is 0 Å². The quantitative estimate of drug-likeness (QED) is 0.627. The number of nitrogens with one attached hydrogen (secondary N) is 1. The number of benzene rings is 1. The van der Waals surface area contributed by atoms with Gasteiger partial charge in [-0.2, -0.15) is 0 Å². The van der Waals surface area contributed by atoms with Gasteiger partial charge in [0.15, 0.2) is 0 Å². The van der Waals surface area contributed by atoms with E-state index in [1.807, 2.05) is 0 Å². The van der Waals surface area contributed by atoms with Crippen LogP contribution in [0.3, 0.4) is 0 Å². The largest absolute Gasteiger partial charge is 0.396 e. The molecule has 104 valence electrons. The lowest BCUT2D eigenvalue weighted by Crippen LogP contribution is -2.44. The Hall–Kier alpha value is -1.95. The zero-order valence-electron chi connectivity index (χ0n) is 11.3. The summed E-state index contributed by atoms with van der Waals surface area (Å²) in [7, 11) is 0. The second-order valence-corrected chi connectivity index (χ2v) is 5.02. The van der Waals surface area contributed by atoms with Crippen molar-refractivity contribution in [2.75, 3.05) is 6.61 Å². The summed E-state index contributed by atoms with van der Waals surface area (Å²) in [6.45, 7) is 5.08. The number of hydrogen-bond donors (Lipinski definition) is 2. The summed E-state index contributed by atoms with van der Waals surface area (Å²) in [5, 5.41) is 22.5. The minimum Gasteiger partial charge on any atom is -0.396 e. The van der Waals surface area contributed by atoms with E-state index in [0.29, 0.717) is 12.0 Å². The Bertz CT molecular complexity index is 497. The molecule has 2 N–H and O–H groups in total. The maximum atomic E-state index is 12.1. The monoisotopic (exact) mass is 266 g/mol. The first-order valence-electron chi connectivity index (χ1n) is 5.96. The molecule has 1 aromatic carbocycles. The van der Waals surface area contributed by atoms with Crippen LogP contribution >= 0.6 is 0 Å². The van der Waals surface area contributed by atoms with Crippen LogP contribution in [0.5, 0.6) is 0 Å². The van der Waals surface area contributed by atoms with Crippen molar-refractivity contribution in [1.82, 2.24) is 5.32 Å². The zero-order valence-corrected chi connectivity index (χ0v) is 11.3. The molecule has 0 aliphatic rings. The van der Waals surface area contributed by atoms with Crippen LogP contribution < -0.4 is 5.32 Å². The van der Waals surface area contributed by atoms with Crippen LogP contribution in [0.15, 0.2) is 18.2 Å². The van der Waals surface area contributed by atoms with Crippen molar-refractivity contribution in [3.05, 3.63) is 39.4 Å². The van der Waals surface area contributed by atoms with Gasteiger partial charge in [-0.05, 0) is 33.3 Å². The first-order valence-corrected chi connectivity index (χ1v) is 5.96. The van der Waals surface area contributed by atoms with Crippen molar-refractivity contribution in [3.8, 4) is 0 Å². The first-order chi connectivity index (χ1) is 8.78. The molecule has 6 nitrogen and oxygen atoms in total. The molecule has 0 aromatic heterocycles. The summed E-state index contributed by atoms with van der Waals surface area (Å²) < 4.78 is 0. The van der Waals surface area contributed by atoms with Crippen LogP contribution in [-0.4, -0.2) is 28.1 Å². The standard InChI is InChI=1S/C13H18N2O4/c1-9-10(5-4-6-11(9)15(18)19)12(17)14-13(2,3)7-8-16/h4-6,16H,7-8H2,1-3H3,(H,14,17). The zero-order chi connectivity index (χ0) is 14.6. The minimum absolute atomic E-state index is 0.0405. The lowest BCUT2D eigenvalue weighted by molar-refractivity contribution is -0.385. The predicted molar refractivity (Wildman–Crippen MR) is 71.1 cm³/mol. The summed E-state index contributed by atoms with van der Waals surface area (Å²) in [6, 6.07) is 4.40. The molecule has 19 heavy (non-hydrogen) atoms. The van der Waals surface area contributed by atoms with Gasteiger partial charge >= 0.3 is 0 Å². The van der Waals surface area contributed by atoms with Crippen molar-refractivity contribution in [3.63, 3.8) is 0 Å². The Morgan fingerprint density at radius 3 is 2.63 bits per heavy atom. The van der Waals surface area contributed by atoms with E-state index < -0.39 is 10.5 Å². The molecular formula is C13H18N2O4. The fourth-order valence-corrected chi connectivity index (χ4v) is 1.78. The van der Waals surface area contributed by atoms with Crippen LogP contribution in [-0.2, 0) is 0 Å². The van der Waals surface area contributed by atoms with E-state index in [1.54, 1.807) is 26.8 Å². The smallest absolute Gasteiger partial charge is 0.273 e. The second kappa shape index (κ2) is 5.79. The molecule has 0 saturated heterocycles. The lowest BCUT2D eigenvalue weighted by Gasteiger charge is -2.25. The third-order valence-corrected chi connectivity index (χ3v) is 2.94. The molecule has 0 bridgehead atoms. The van der Waals surface area contributed by atoms with E-state index in [1.165, 1.54) is 12.1 Å². The Morgan fingerprint density at radius 1 is 1.47 bits per heavy atom. The fraction of sp³-hybridized carbons (Fsp3) is 0.462. The van der Waals surface area contributed by atoms with Crippen molar-refractivity contribution < 1.29 is 14.8 Å². The summed E-state index contributed by atoms with van der Waals surface area (Å²) in [5.74, 6) is -0.375. The van der Waals surface area contributed by atoms with Gasteiger partial charge in [-0.1, -0.05) is 6.07 Å². The Morgan fingerprint density at radius 2 is 2.11 bits per heavy atom. The molecule has 0 aliphatic heterocycles. The number of nitrogens with zero attached hydrogens (tertiary/aromatic N) is 1. The maximum absolute atomic E-state index is 12.1. The summed E-state index contributed by atoms with van der Waals surface area (Å²) in [4.78, 5) is 22.4. The topological polar surface area (TPSA) is 92.5 Å². The van der Waals surface area contributed by atoms with E-state index in [9.17, 15) is 14.9 Å². The number of carbonyl (C=O) groups is 1. The molecule has 0 spiro atoms. The molecule has 0 saturated carbocycles. The molecule has 1 rings (SSSR count). The van der Waals surface area contributed by atoms with Gasteiger partial charge in [0.1, 0.15) is 0 Å². The van der Waals surface area contributed by atoms with Gasteiger partial charge in [0.05, 0.1) is 4.92 Å². The molecule has 0 radical (unpaired) electrons. The third kappa shape index (κ3) is 3.75. The highest BCUT2D eigenvalue weighted by Gasteiger charge is 2.23. The summed E-state index contributed by atoms with van der Waals surface area (Å²) in [5.41, 5.74) is -0.0271. The van der Waals surface area contributed by atoms with Crippen LogP contribution in [0.1, 0.15) is 36.2 Å². The average molecular weight is 266 g/mol. The molecule has 6 heteroatoms. The fourth-order valence-electron chi connectivity index (χ4n) is 1.78. The van der Waals surface area contributed by atoms with Gasteiger partial charge in [-0.25, -0.2) is 0 Å². The van der Waals surface area contributed by atoms with Crippen LogP contribution in [0.4, 0.5) is 5.69 Å². The molecule has 1 aromatic rings. The number of hydrogen-bond acceptors (Lipinski definition) is 4. The van der Waals surface area contributed by atoms with Gasteiger partial charge in [0, 0.05) is 29.3 Å². The van der Waals surface area contributed by atoms with Crippen LogP contribution in [0, 0.1) is 17.0 Å². The Balaban J connectivity index is 3.01. The first kappa shape index (κ1) is 15.1. The van der Waals surface area contributed by atoms with Gasteiger partial charge in [0.25, 0.3) is 11.6 Å². The van der Waals surface area contributed by atoms with Gasteiger partial charge in [-0.3, -0.25) is 14.9 Å². The number of amides is 1. The average Bonchev–Trinajstić information content (AvgIpc) is 2.27. The normalized spacial score (nSPS) is 11.2. The molecule has 0 unspecified atom stereocenters. The highest BCUT2D eigenvalue weighted by molar-refractivity contribution is 5.97. The van der Waals surface area contributed by atoms with Gasteiger partial charge < -0.3 is 10.4 Å². The summed E-state index contributed by atoms with van der Waals surface area (Å²) in [6.07, 6.45) is 0.409. The van der Waals surface area contributed by atoms with E-state index in [0.717, 1.165) is 0 Å². The highest BCUT2D eigenvalue weighted by atomic mass is 16.6. The van der Waals surface area contributed by atoms with Crippen molar-refractivity contribution in [2.24, 2.45) is 0 Å². The Labute approximate surface area is 111 Å². The molecular weight excluding hydrogens is 248 g/mol. The summed E-state index contributed by atoms with van der Waals surface area (Å²) >= 11 is 0. The minimum atomic E-state index is -0.567. The Kier molecular flexibility index (Phi) is 4.61. The molecule has 0 heterocycles. The number of aliphatic hydroxyl groups is 1. The molecule has 1 amide bonds. The second-order valence-electron chi connectivity index (χ2n) is 5.02. The van der Waals surface area contributed by atoms with E-state index in [-0.39, 0.29) is 23.8 Å². The van der Waals surface area contributed by atoms with E-state index in [4.69, 9.17) is 5.11 Å². The third-order valence-electron chi connectivity index (χ3n) is 2.94. The van der Waals surface area contributed by atoms with Crippen molar-refractivity contribution in [1.29, 1.82) is 0 Å². The maximum Gasteiger partial charge on any atom is 0.273 e. The number of carbonyl (C=O) groups excluding carboxylic acids is 1. The highest BCUT2D eigenvalue weighted by Crippen LogP contribution is 2.21. The van der Waals surface area contributed by atoms with Crippen LogP contribution in [0.2, 0.25) is 0 Å². The van der Waals surface area contributed by atoms with Crippen LogP contribution in [0.25, 0.3) is 0 Å². The SMILES string of the molecule is Cc1c(C(=O)NC(C)(C)CCO)cccc1[N+](=O)[O-]. The van der Waals surface area contributed by atoms with Crippen molar-refractivity contribution in [2.45, 2.75) is 32.7 Å².